The van der Waals surface area contributed by atoms with E-state index in [1.165, 1.54) is 42.9 Å². The highest BCUT2D eigenvalue weighted by molar-refractivity contribution is 7.89. The minimum atomic E-state index is -3.60. The number of aromatic nitrogens is 2. The monoisotopic (exact) mass is 380 g/mol. The molecule has 1 aromatic heterocycles. The quantitative estimate of drug-likeness (QED) is 0.871. The number of hydrogen-bond donors (Lipinski definition) is 1. The van der Waals surface area contributed by atoms with Crippen LogP contribution in [0.25, 0.3) is 0 Å². The molecule has 1 amide bonds. The highest BCUT2D eigenvalue weighted by Gasteiger charge is 2.27. The number of hydrogen-bond acceptors (Lipinski definition) is 5. The van der Waals surface area contributed by atoms with Crippen LogP contribution in [-0.4, -0.2) is 48.3 Å². The van der Waals surface area contributed by atoms with Crippen LogP contribution >= 0.6 is 11.6 Å². The number of amides is 1. The van der Waals surface area contributed by atoms with Crippen molar-refractivity contribution in [2.24, 2.45) is 0 Å². The Bertz CT molecular complexity index is 835. The summed E-state index contributed by atoms with van der Waals surface area (Å²) in [5, 5.41) is 0.481. The van der Waals surface area contributed by atoms with Crippen molar-refractivity contribution in [1.29, 1.82) is 0 Å². The lowest BCUT2D eigenvalue weighted by Crippen LogP contribution is -2.46. The lowest BCUT2D eigenvalue weighted by molar-refractivity contribution is 0.0705. The van der Waals surface area contributed by atoms with Crippen LogP contribution in [0.2, 0.25) is 5.02 Å². The molecule has 0 bridgehead atoms. The van der Waals surface area contributed by atoms with E-state index in [0.29, 0.717) is 36.6 Å². The fourth-order valence-electron chi connectivity index (χ4n) is 2.67. The van der Waals surface area contributed by atoms with Crippen molar-refractivity contribution in [2.75, 3.05) is 13.1 Å². The van der Waals surface area contributed by atoms with Crippen molar-refractivity contribution in [2.45, 2.75) is 23.8 Å². The van der Waals surface area contributed by atoms with Crippen LogP contribution in [0, 0.1) is 0 Å². The number of benzene rings is 1. The Hall–Kier alpha value is -2.03. The van der Waals surface area contributed by atoms with Crippen molar-refractivity contribution in [1.82, 2.24) is 19.6 Å². The fourth-order valence-corrected chi connectivity index (χ4v) is 4.10. The molecular formula is C16H17ClN4O3S. The van der Waals surface area contributed by atoms with E-state index in [1.54, 1.807) is 4.90 Å². The van der Waals surface area contributed by atoms with Gasteiger partial charge in [-0.2, -0.15) is 0 Å². The predicted molar refractivity (Wildman–Crippen MR) is 92.7 cm³/mol. The lowest BCUT2D eigenvalue weighted by atomic mass is 10.1. The van der Waals surface area contributed by atoms with Gasteiger partial charge in [0.1, 0.15) is 5.69 Å². The number of halogens is 1. The van der Waals surface area contributed by atoms with E-state index in [9.17, 15) is 13.2 Å². The summed E-state index contributed by atoms with van der Waals surface area (Å²) in [4.78, 5) is 22.1. The van der Waals surface area contributed by atoms with E-state index >= 15 is 0 Å². The van der Waals surface area contributed by atoms with Gasteiger partial charge in [0.2, 0.25) is 10.0 Å². The van der Waals surface area contributed by atoms with Crippen LogP contribution in [0.15, 0.2) is 47.8 Å². The molecule has 1 aliphatic heterocycles. The van der Waals surface area contributed by atoms with E-state index in [0.717, 1.165) is 0 Å². The zero-order chi connectivity index (χ0) is 17.9. The van der Waals surface area contributed by atoms with Crippen LogP contribution in [0.5, 0.6) is 0 Å². The SMILES string of the molecule is O=C(c1cnccn1)N1CCC(NS(=O)(=O)c2ccc(Cl)cc2)CC1. The van der Waals surface area contributed by atoms with Crippen LogP contribution in [-0.2, 0) is 10.0 Å². The molecule has 0 unspecified atom stereocenters. The van der Waals surface area contributed by atoms with Crippen molar-refractivity contribution in [3.63, 3.8) is 0 Å². The van der Waals surface area contributed by atoms with Gasteiger partial charge in [0.15, 0.2) is 0 Å². The second-order valence-electron chi connectivity index (χ2n) is 5.73. The molecular weight excluding hydrogens is 364 g/mol. The molecule has 1 fully saturated rings. The predicted octanol–water partition coefficient (Wildman–Crippen LogP) is 1.71. The number of carbonyl (C=O) groups is 1. The first-order valence-corrected chi connectivity index (χ1v) is 9.65. The normalized spacial score (nSPS) is 16.0. The Morgan fingerprint density at radius 1 is 1.16 bits per heavy atom. The maximum atomic E-state index is 12.4. The number of nitrogens with zero attached hydrogens (tertiary/aromatic N) is 3. The third kappa shape index (κ3) is 4.33. The number of rotatable bonds is 4. The summed E-state index contributed by atoms with van der Waals surface area (Å²) < 4.78 is 27.5. The molecule has 0 atom stereocenters. The molecule has 3 rings (SSSR count). The standard InChI is InChI=1S/C16H17ClN4O3S/c17-12-1-3-14(4-2-12)25(23,24)20-13-5-9-21(10-6-13)16(22)15-11-18-7-8-19-15/h1-4,7-8,11,13,20H,5-6,9-10H2. The topological polar surface area (TPSA) is 92.3 Å². The van der Waals surface area contributed by atoms with Crippen molar-refractivity contribution in [3.05, 3.63) is 53.6 Å². The lowest BCUT2D eigenvalue weighted by Gasteiger charge is -2.32. The van der Waals surface area contributed by atoms with Crippen molar-refractivity contribution in [3.8, 4) is 0 Å². The van der Waals surface area contributed by atoms with Gasteiger partial charge in [-0.05, 0) is 37.1 Å². The average Bonchev–Trinajstić information content (AvgIpc) is 2.62. The van der Waals surface area contributed by atoms with Gasteiger partial charge in [0.25, 0.3) is 5.91 Å². The number of sulfonamides is 1. The van der Waals surface area contributed by atoms with Gasteiger partial charge < -0.3 is 4.90 Å². The van der Waals surface area contributed by atoms with Gasteiger partial charge in [-0.15, -0.1) is 0 Å². The maximum absolute atomic E-state index is 12.4. The molecule has 132 valence electrons. The minimum absolute atomic E-state index is 0.176. The van der Waals surface area contributed by atoms with Crippen LogP contribution < -0.4 is 4.72 Å². The molecule has 2 aromatic rings. The molecule has 1 aromatic carbocycles. The largest absolute Gasteiger partial charge is 0.337 e. The van der Waals surface area contributed by atoms with Gasteiger partial charge in [-0.1, -0.05) is 11.6 Å². The maximum Gasteiger partial charge on any atom is 0.274 e. The van der Waals surface area contributed by atoms with Gasteiger partial charge in [0.05, 0.1) is 11.1 Å². The van der Waals surface area contributed by atoms with Gasteiger partial charge in [-0.25, -0.2) is 18.1 Å². The van der Waals surface area contributed by atoms with Crippen LogP contribution in [0.3, 0.4) is 0 Å². The molecule has 1 saturated heterocycles. The van der Waals surface area contributed by atoms with E-state index in [2.05, 4.69) is 14.7 Å². The summed E-state index contributed by atoms with van der Waals surface area (Å²) in [7, 11) is -3.60. The summed E-state index contributed by atoms with van der Waals surface area (Å²) in [6.07, 6.45) is 5.49. The number of piperidine rings is 1. The third-order valence-electron chi connectivity index (χ3n) is 4.01. The first-order valence-electron chi connectivity index (χ1n) is 7.79. The molecule has 0 aliphatic carbocycles. The third-order valence-corrected chi connectivity index (χ3v) is 5.80. The Morgan fingerprint density at radius 2 is 1.84 bits per heavy atom. The van der Waals surface area contributed by atoms with E-state index < -0.39 is 10.0 Å². The molecule has 25 heavy (non-hydrogen) atoms. The first kappa shape index (κ1) is 17.8. The van der Waals surface area contributed by atoms with Crippen LogP contribution in [0.4, 0.5) is 0 Å². The van der Waals surface area contributed by atoms with Gasteiger partial charge >= 0.3 is 0 Å². The summed E-state index contributed by atoms with van der Waals surface area (Å²) in [5.74, 6) is -0.188. The average molecular weight is 381 g/mol. The second kappa shape index (κ2) is 7.47. The second-order valence-corrected chi connectivity index (χ2v) is 7.88. The number of likely N-dealkylation sites (tertiary alicyclic amines) is 1. The summed E-state index contributed by atoms with van der Waals surface area (Å²) in [6.45, 7) is 0.923. The van der Waals surface area contributed by atoms with E-state index in [1.807, 2.05) is 0 Å². The zero-order valence-corrected chi connectivity index (χ0v) is 14.9. The Kier molecular flexibility index (Phi) is 5.31. The molecule has 7 nitrogen and oxygen atoms in total. The molecule has 2 heterocycles. The van der Waals surface area contributed by atoms with Gasteiger partial charge in [-0.3, -0.25) is 9.78 Å². The highest BCUT2D eigenvalue weighted by Crippen LogP contribution is 2.18. The smallest absolute Gasteiger partial charge is 0.274 e. The molecule has 0 radical (unpaired) electrons. The Labute approximate surface area is 151 Å². The van der Waals surface area contributed by atoms with Gasteiger partial charge in [0, 0.05) is 36.5 Å². The summed E-state index contributed by atoms with van der Waals surface area (Å²) >= 11 is 5.79. The Morgan fingerprint density at radius 3 is 2.44 bits per heavy atom. The highest BCUT2D eigenvalue weighted by atomic mass is 35.5. The molecule has 1 N–H and O–H groups in total. The Balaban J connectivity index is 1.59. The molecule has 0 spiro atoms. The molecule has 9 heteroatoms. The molecule has 1 aliphatic rings. The first-order chi connectivity index (χ1) is 12.0. The van der Waals surface area contributed by atoms with Crippen molar-refractivity contribution >= 4 is 27.5 Å². The molecule has 0 saturated carbocycles. The zero-order valence-electron chi connectivity index (χ0n) is 13.3. The van der Waals surface area contributed by atoms with Crippen molar-refractivity contribution < 1.29 is 13.2 Å². The number of carbonyl (C=O) groups excluding carboxylic acids is 1. The van der Waals surface area contributed by atoms with E-state index in [4.69, 9.17) is 11.6 Å². The minimum Gasteiger partial charge on any atom is -0.337 e. The van der Waals surface area contributed by atoms with Crippen LogP contribution in [0.1, 0.15) is 23.3 Å². The van der Waals surface area contributed by atoms with E-state index in [-0.39, 0.29) is 16.8 Å². The number of nitrogens with one attached hydrogen (secondary N) is 1. The summed E-state index contributed by atoms with van der Waals surface area (Å²) in [5.41, 5.74) is 0.294. The summed E-state index contributed by atoms with van der Waals surface area (Å²) in [6, 6.07) is 5.80. The fraction of sp³-hybridized carbons (Fsp3) is 0.312.